The van der Waals surface area contributed by atoms with E-state index in [9.17, 15) is 13.6 Å². The van der Waals surface area contributed by atoms with E-state index in [0.29, 0.717) is 0 Å². The van der Waals surface area contributed by atoms with Gasteiger partial charge < -0.3 is 5.11 Å². The van der Waals surface area contributed by atoms with Crippen LogP contribution in [0, 0.1) is 5.92 Å². The van der Waals surface area contributed by atoms with Crippen LogP contribution in [-0.2, 0) is 4.79 Å². The van der Waals surface area contributed by atoms with Crippen molar-refractivity contribution in [1.82, 2.24) is 0 Å². The number of rotatable bonds is 1. The van der Waals surface area contributed by atoms with Crippen molar-refractivity contribution in [2.75, 3.05) is 0 Å². The molecule has 1 rings (SSSR count). The van der Waals surface area contributed by atoms with Gasteiger partial charge in [0.05, 0.1) is 5.92 Å². The van der Waals surface area contributed by atoms with Crippen LogP contribution >= 0.6 is 0 Å². The van der Waals surface area contributed by atoms with Crippen LogP contribution in [0.1, 0.15) is 12.8 Å². The smallest absolute Gasteiger partial charge is 0.309 e. The van der Waals surface area contributed by atoms with Crippen LogP contribution in [0.25, 0.3) is 0 Å². The second kappa shape index (κ2) is 2.52. The first kappa shape index (κ1) is 7.44. The van der Waals surface area contributed by atoms with Crippen molar-refractivity contribution >= 4 is 5.97 Å². The van der Waals surface area contributed by atoms with Crippen LogP contribution in [0.5, 0.6) is 0 Å². The summed E-state index contributed by atoms with van der Waals surface area (Å²) in [5.74, 6) is -2.34. The minimum absolute atomic E-state index is 0.0398. The lowest BCUT2D eigenvalue weighted by atomic mass is 10.1. The van der Waals surface area contributed by atoms with Crippen LogP contribution in [0.3, 0.4) is 0 Å². The lowest BCUT2D eigenvalue weighted by Gasteiger charge is -2.06. The fourth-order valence-corrected chi connectivity index (χ4v) is 1.17. The molecule has 0 bridgehead atoms. The molecule has 3 atom stereocenters. The first-order valence-electron chi connectivity index (χ1n) is 3.14. The summed E-state index contributed by atoms with van der Waals surface area (Å²) < 4.78 is 24.8. The molecule has 0 spiro atoms. The Hall–Kier alpha value is -0.670. The van der Waals surface area contributed by atoms with Crippen LogP contribution < -0.4 is 0 Å². The van der Waals surface area contributed by atoms with Crippen molar-refractivity contribution in [3.63, 3.8) is 0 Å². The van der Waals surface area contributed by atoms with Crippen molar-refractivity contribution < 1.29 is 18.7 Å². The first-order valence-corrected chi connectivity index (χ1v) is 3.14. The first-order chi connectivity index (χ1) is 4.63. The number of hydrogen-bond donors (Lipinski definition) is 1. The topological polar surface area (TPSA) is 37.3 Å². The Morgan fingerprint density at radius 3 is 2.20 bits per heavy atom. The molecule has 4 heteroatoms. The van der Waals surface area contributed by atoms with Crippen molar-refractivity contribution in [1.29, 1.82) is 0 Å². The van der Waals surface area contributed by atoms with E-state index in [0.717, 1.165) is 0 Å². The van der Waals surface area contributed by atoms with Crippen LogP contribution in [0.15, 0.2) is 0 Å². The van der Waals surface area contributed by atoms with Gasteiger partial charge in [0.15, 0.2) is 0 Å². The lowest BCUT2D eigenvalue weighted by Crippen LogP contribution is -2.23. The van der Waals surface area contributed by atoms with Crippen molar-refractivity contribution in [3.8, 4) is 0 Å². The van der Waals surface area contributed by atoms with E-state index in [4.69, 9.17) is 5.11 Å². The normalized spacial score (nSPS) is 40.0. The summed E-state index contributed by atoms with van der Waals surface area (Å²) in [7, 11) is 0. The zero-order valence-electron chi connectivity index (χ0n) is 5.26. The van der Waals surface area contributed by atoms with Crippen molar-refractivity contribution in [2.24, 2.45) is 5.92 Å². The summed E-state index contributed by atoms with van der Waals surface area (Å²) in [5.41, 5.74) is 0. The highest BCUT2D eigenvalue weighted by atomic mass is 19.2. The molecule has 10 heavy (non-hydrogen) atoms. The van der Waals surface area contributed by atoms with E-state index in [1.807, 2.05) is 0 Å². The Bertz CT molecular complexity index is 149. The minimum atomic E-state index is -1.79. The molecule has 0 aromatic rings. The summed E-state index contributed by atoms with van der Waals surface area (Å²) in [5, 5.41) is 8.29. The summed E-state index contributed by atoms with van der Waals surface area (Å²) in [6, 6.07) is 0. The van der Waals surface area contributed by atoms with Crippen molar-refractivity contribution in [2.45, 2.75) is 25.2 Å². The Kier molecular flexibility index (Phi) is 1.87. The van der Waals surface area contributed by atoms with E-state index in [1.54, 1.807) is 0 Å². The second-order valence-electron chi connectivity index (χ2n) is 2.48. The van der Waals surface area contributed by atoms with Crippen LogP contribution in [-0.4, -0.2) is 23.4 Å². The van der Waals surface area contributed by atoms with Gasteiger partial charge in [0.1, 0.15) is 12.3 Å². The quantitative estimate of drug-likeness (QED) is 0.608. The van der Waals surface area contributed by atoms with E-state index in [1.165, 1.54) is 0 Å². The van der Waals surface area contributed by atoms with E-state index < -0.39 is 24.2 Å². The SMILES string of the molecule is O=C(O)C1CCC(F)C1F. The molecule has 2 nitrogen and oxygen atoms in total. The molecular weight excluding hydrogens is 142 g/mol. The number of carbonyl (C=O) groups is 1. The molecule has 0 heterocycles. The van der Waals surface area contributed by atoms with Crippen molar-refractivity contribution in [3.05, 3.63) is 0 Å². The Labute approximate surface area is 56.8 Å². The highest BCUT2D eigenvalue weighted by Gasteiger charge is 2.40. The molecule has 1 saturated carbocycles. The summed E-state index contributed by atoms with van der Waals surface area (Å²) in [4.78, 5) is 10.2. The van der Waals surface area contributed by atoms with Gasteiger partial charge in [-0.25, -0.2) is 8.78 Å². The number of hydrogen-bond acceptors (Lipinski definition) is 1. The van der Waals surface area contributed by atoms with Crippen LogP contribution in [0.2, 0.25) is 0 Å². The number of halogens is 2. The molecule has 1 fully saturated rings. The minimum Gasteiger partial charge on any atom is -0.481 e. The molecular formula is C6H8F2O2. The average molecular weight is 150 g/mol. The third-order valence-corrected chi connectivity index (χ3v) is 1.80. The maximum Gasteiger partial charge on any atom is 0.309 e. The third kappa shape index (κ3) is 1.10. The number of alkyl halides is 2. The maximum atomic E-state index is 12.5. The maximum absolute atomic E-state index is 12.5. The standard InChI is InChI=1S/C6H8F2O2/c7-4-2-1-3(5(4)8)6(9)10/h3-5H,1-2H2,(H,9,10). The molecule has 0 saturated heterocycles. The zero-order valence-corrected chi connectivity index (χ0v) is 5.26. The third-order valence-electron chi connectivity index (χ3n) is 1.80. The molecule has 0 aromatic carbocycles. The van der Waals surface area contributed by atoms with Gasteiger partial charge in [-0.05, 0) is 12.8 Å². The number of carboxylic acids is 1. The molecule has 0 aromatic heterocycles. The molecule has 1 N–H and O–H groups in total. The summed E-state index contributed by atoms with van der Waals surface area (Å²) >= 11 is 0. The van der Waals surface area contributed by atoms with E-state index in [-0.39, 0.29) is 12.8 Å². The summed E-state index contributed by atoms with van der Waals surface area (Å²) in [6.07, 6.45) is -3.20. The van der Waals surface area contributed by atoms with Gasteiger partial charge in [-0.15, -0.1) is 0 Å². The Balaban J connectivity index is 2.57. The predicted octanol–water partition coefficient (Wildman–Crippen LogP) is 1.16. The zero-order chi connectivity index (χ0) is 7.72. The number of aliphatic carboxylic acids is 1. The summed E-state index contributed by atoms with van der Waals surface area (Å²) in [6.45, 7) is 0. The van der Waals surface area contributed by atoms with Gasteiger partial charge in [0, 0.05) is 0 Å². The highest BCUT2D eigenvalue weighted by molar-refractivity contribution is 5.71. The van der Waals surface area contributed by atoms with Gasteiger partial charge in [0.25, 0.3) is 0 Å². The van der Waals surface area contributed by atoms with Gasteiger partial charge in [-0.1, -0.05) is 0 Å². The number of carboxylic acid groups (broad SMARTS) is 1. The second-order valence-corrected chi connectivity index (χ2v) is 2.48. The van der Waals surface area contributed by atoms with Crippen LogP contribution in [0.4, 0.5) is 8.78 Å². The lowest BCUT2D eigenvalue weighted by molar-refractivity contribution is -0.143. The Morgan fingerprint density at radius 1 is 1.40 bits per heavy atom. The molecule has 3 unspecified atom stereocenters. The van der Waals surface area contributed by atoms with E-state index in [2.05, 4.69) is 0 Å². The van der Waals surface area contributed by atoms with E-state index >= 15 is 0 Å². The molecule has 58 valence electrons. The monoisotopic (exact) mass is 150 g/mol. The average Bonchev–Trinajstić information content (AvgIpc) is 2.14. The highest BCUT2D eigenvalue weighted by Crippen LogP contribution is 2.30. The Morgan fingerprint density at radius 2 is 2.00 bits per heavy atom. The van der Waals surface area contributed by atoms with Gasteiger partial charge >= 0.3 is 5.97 Å². The molecule has 0 amide bonds. The fourth-order valence-electron chi connectivity index (χ4n) is 1.17. The predicted molar refractivity (Wildman–Crippen MR) is 30.2 cm³/mol. The molecule has 1 aliphatic carbocycles. The largest absolute Gasteiger partial charge is 0.481 e. The van der Waals surface area contributed by atoms with Gasteiger partial charge in [-0.2, -0.15) is 0 Å². The van der Waals surface area contributed by atoms with Gasteiger partial charge in [0.2, 0.25) is 0 Å². The molecule has 0 aliphatic heterocycles. The molecule has 1 aliphatic rings. The van der Waals surface area contributed by atoms with Gasteiger partial charge in [-0.3, -0.25) is 4.79 Å². The fraction of sp³-hybridized carbons (Fsp3) is 0.833. The molecule has 0 radical (unpaired) electrons.